The van der Waals surface area contributed by atoms with Crippen molar-refractivity contribution in [3.63, 3.8) is 0 Å². The van der Waals surface area contributed by atoms with Crippen molar-refractivity contribution in [1.82, 2.24) is 25.2 Å². The second-order valence-electron chi connectivity index (χ2n) is 4.30. The van der Waals surface area contributed by atoms with Gasteiger partial charge in [0.25, 0.3) is 0 Å². The number of rotatable bonds is 3. The number of likely N-dealkylation sites (N-methyl/N-ethyl adjacent to an activating group) is 1. The molecule has 0 aliphatic carbocycles. The van der Waals surface area contributed by atoms with E-state index < -0.39 is 0 Å². The van der Waals surface area contributed by atoms with Crippen LogP contribution in [0.5, 0.6) is 0 Å². The van der Waals surface area contributed by atoms with E-state index in [1.807, 2.05) is 13.2 Å². The van der Waals surface area contributed by atoms with Gasteiger partial charge in [-0.1, -0.05) is 5.21 Å². The minimum atomic E-state index is 0.640. The van der Waals surface area contributed by atoms with Gasteiger partial charge in [-0.05, 0) is 26.4 Å². The third-order valence-electron chi connectivity index (χ3n) is 2.96. The quantitative estimate of drug-likeness (QED) is 0.761. The van der Waals surface area contributed by atoms with E-state index in [2.05, 4.69) is 27.6 Å². The predicted molar refractivity (Wildman–Crippen MR) is 58.4 cm³/mol. The van der Waals surface area contributed by atoms with Gasteiger partial charge >= 0.3 is 0 Å². The molecule has 5 heteroatoms. The monoisotopic (exact) mass is 209 g/mol. The number of aryl methyl sites for hydroxylation is 1. The summed E-state index contributed by atoms with van der Waals surface area (Å²) >= 11 is 0. The first-order valence-corrected chi connectivity index (χ1v) is 5.52. The molecule has 1 unspecified atom stereocenters. The highest BCUT2D eigenvalue weighted by Gasteiger charge is 2.18. The van der Waals surface area contributed by atoms with Gasteiger partial charge in [0.05, 0.1) is 5.69 Å². The summed E-state index contributed by atoms with van der Waals surface area (Å²) in [5.41, 5.74) is 1.05. The van der Waals surface area contributed by atoms with E-state index in [-0.39, 0.29) is 0 Å². The first-order valence-electron chi connectivity index (χ1n) is 5.52. The first-order chi connectivity index (χ1) is 7.25. The highest BCUT2D eigenvalue weighted by atomic mass is 15.4. The molecule has 84 valence electrons. The van der Waals surface area contributed by atoms with Gasteiger partial charge in [-0.15, -0.1) is 5.10 Å². The van der Waals surface area contributed by atoms with Gasteiger partial charge in [0.1, 0.15) is 0 Å². The first kappa shape index (κ1) is 10.6. The Morgan fingerprint density at radius 1 is 1.67 bits per heavy atom. The third-order valence-corrected chi connectivity index (χ3v) is 2.96. The van der Waals surface area contributed by atoms with Crippen molar-refractivity contribution in [2.45, 2.75) is 25.4 Å². The van der Waals surface area contributed by atoms with Crippen LogP contribution in [0.2, 0.25) is 0 Å². The van der Waals surface area contributed by atoms with Crippen LogP contribution in [-0.4, -0.2) is 46.1 Å². The Hall–Kier alpha value is -0.940. The molecule has 0 amide bonds. The lowest BCUT2D eigenvalue weighted by Crippen LogP contribution is -2.43. The zero-order chi connectivity index (χ0) is 10.7. The Labute approximate surface area is 90.5 Å². The molecule has 1 aliphatic heterocycles. The summed E-state index contributed by atoms with van der Waals surface area (Å²) in [5.74, 6) is 0. The van der Waals surface area contributed by atoms with E-state index in [0.717, 1.165) is 25.3 Å². The Kier molecular flexibility index (Phi) is 3.33. The molecule has 0 bridgehead atoms. The molecule has 5 nitrogen and oxygen atoms in total. The minimum absolute atomic E-state index is 0.640. The fourth-order valence-electron chi connectivity index (χ4n) is 2.06. The Morgan fingerprint density at radius 3 is 3.13 bits per heavy atom. The maximum atomic E-state index is 4.10. The number of hydrogen-bond acceptors (Lipinski definition) is 4. The van der Waals surface area contributed by atoms with Crippen LogP contribution in [0.15, 0.2) is 6.20 Å². The van der Waals surface area contributed by atoms with E-state index in [9.17, 15) is 0 Å². The van der Waals surface area contributed by atoms with Crippen LogP contribution in [0, 0.1) is 0 Å². The molecule has 2 rings (SSSR count). The van der Waals surface area contributed by atoms with E-state index in [0.29, 0.717) is 6.04 Å². The molecular formula is C10H19N5. The second-order valence-corrected chi connectivity index (χ2v) is 4.30. The van der Waals surface area contributed by atoms with Crippen molar-refractivity contribution in [3.05, 3.63) is 11.9 Å². The van der Waals surface area contributed by atoms with Gasteiger partial charge in [-0.3, -0.25) is 9.58 Å². The van der Waals surface area contributed by atoms with Gasteiger partial charge in [0.15, 0.2) is 0 Å². The fraction of sp³-hybridized carbons (Fsp3) is 0.800. The lowest BCUT2D eigenvalue weighted by Gasteiger charge is -2.30. The summed E-state index contributed by atoms with van der Waals surface area (Å²) in [6.07, 6.45) is 4.53. The smallest absolute Gasteiger partial charge is 0.0967 e. The van der Waals surface area contributed by atoms with E-state index in [1.54, 1.807) is 4.68 Å². The molecule has 1 saturated heterocycles. The summed E-state index contributed by atoms with van der Waals surface area (Å²) in [4.78, 5) is 2.36. The van der Waals surface area contributed by atoms with Gasteiger partial charge in [-0.2, -0.15) is 0 Å². The largest absolute Gasteiger partial charge is 0.315 e. The van der Waals surface area contributed by atoms with Crippen molar-refractivity contribution in [3.8, 4) is 0 Å². The van der Waals surface area contributed by atoms with Crippen LogP contribution < -0.4 is 5.32 Å². The molecule has 2 heterocycles. The molecule has 0 saturated carbocycles. The van der Waals surface area contributed by atoms with Crippen LogP contribution >= 0.6 is 0 Å². The Bertz CT molecular complexity index is 303. The van der Waals surface area contributed by atoms with Crippen molar-refractivity contribution >= 4 is 0 Å². The van der Waals surface area contributed by atoms with Crippen LogP contribution in [0.3, 0.4) is 0 Å². The Balaban J connectivity index is 1.88. The number of piperidine rings is 1. The topological polar surface area (TPSA) is 46.0 Å². The maximum absolute atomic E-state index is 4.10. The van der Waals surface area contributed by atoms with Crippen LogP contribution in [0.4, 0.5) is 0 Å². The molecule has 15 heavy (non-hydrogen) atoms. The summed E-state index contributed by atoms with van der Waals surface area (Å²) in [5, 5.41) is 11.5. The molecule has 0 radical (unpaired) electrons. The van der Waals surface area contributed by atoms with E-state index >= 15 is 0 Å². The average molecular weight is 209 g/mol. The summed E-state index contributed by atoms with van der Waals surface area (Å²) in [6, 6.07) is 0.640. The summed E-state index contributed by atoms with van der Waals surface area (Å²) < 4.78 is 1.75. The molecule has 1 N–H and O–H groups in total. The van der Waals surface area contributed by atoms with Gasteiger partial charge in [-0.25, -0.2) is 0 Å². The number of hydrogen-bond donors (Lipinski definition) is 1. The van der Waals surface area contributed by atoms with Crippen LogP contribution in [-0.2, 0) is 13.6 Å². The maximum Gasteiger partial charge on any atom is 0.0967 e. The third kappa shape index (κ3) is 2.76. The number of nitrogens with zero attached hydrogens (tertiary/aromatic N) is 4. The molecule has 1 aliphatic rings. The zero-order valence-electron chi connectivity index (χ0n) is 9.48. The van der Waals surface area contributed by atoms with E-state index in [1.165, 1.54) is 12.8 Å². The van der Waals surface area contributed by atoms with Crippen molar-refractivity contribution in [1.29, 1.82) is 0 Å². The van der Waals surface area contributed by atoms with Gasteiger partial charge in [0, 0.05) is 32.4 Å². The molecule has 0 aromatic carbocycles. The highest BCUT2D eigenvalue weighted by molar-refractivity contribution is 4.92. The predicted octanol–water partition coefficient (Wildman–Crippen LogP) is -0.00110. The number of aromatic nitrogens is 3. The lowest BCUT2D eigenvalue weighted by atomic mass is 10.1. The summed E-state index contributed by atoms with van der Waals surface area (Å²) in [7, 11) is 4.06. The molecule has 0 spiro atoms. The normalized spacial score (nSPS) is 22.2. The fourth-order valence-corrected chi connectivity index (χ4v) is 2.06. The lowest BCUT2D eigenvalue weighted by molar-refractivity contribution is 0.194. The molecule has 1 aromatic rings. The van der Waals surface area contributed by atoms with Gasteiger partial charge in [0.2, 0.25) is 0 Å². The van der Waals surface area contributed by atoms with Crippen LogP contribution in [0.1, 0.15) is 18.5 Å². The zero-order valence-corrected chi connectivity index (χ0v) is 9.48. The van der Waals surface area contributed by atoms with Crippen LogP contribution in [0.25, 0.3) is 0 Å². The SMILES string of the molecule is CN(Cc1cn(C)nn1)C1CCCNC1. The van der Waals surface area contributed by atoms with Crippen molar-refractivity contribution in [2.75, 3.05) is 20.1 Å². The molecule has 1 aromatic heterocycles. The van der Waals surface area contributed by atoms with Gasteiger partial charge < -0.3 is 5.32 Å². The summed E-state index contributed by atoms with van der Waals surface area (Å²) in [6.45, 7) is 3.15. The minimum Gasteiger partial charge on any atom is -0.315 e. The van der Waals surface area contributed by atoms with E-state index in [4.69, 9.17) is 0 Å². The molecular weight excluding hydrogens is 190 g/mol. The van der Waals surface area contributed by atoms with Crippen molar-refractivity contribution in [2.24, 2.45) is 7.05 Å². The van der Waals surface area contributed by atoms with Crippen molar-refractivity contribution < 1.29 is 0 Å². The highest BCUT2D eigenvalue weighted by Crippen LogP contribution is 2.10. The molecule has 1 atom stereocenters. The average Bonchev–Trinajstić information content (AvgIpc) is 2.65. The molecule has 1 fully saturated rings. The Morgan fingerprint density at radius 2 is 2.53 bits per heavy atom. The number of nitrogens with one attached hydrogen (secondary N) is 1. The second kappa shape index (κ2) is 4.72. The standard InChI is InChI=1S/C10H19N5/c1-14(10-4-3-5-11-6-10)7-9-8-15(2)13-12-9/h8,10-11H,3-7H2,1-2H3.